The largest absolute Gasteiger partial charge is 0.512 e. The third-order valence-corrected chi connectivity index (χ3v) is 4.10. The molecule has 0 fully saturated rings. The molecule has 3 heteroatoms. The van der Waals surface area contributed by atoms with Crippen LogP contribution in [0.25, 0.3) is 0 Å². The molecule has 0 saturated carbocycles. The van der Waals surface area contributed by atoms with Gasteiger partial charge in [0, 0.05) is 5.92 Å². The number of aliphatic hydroxyl groups excluding tert-OH is 2. The van der Waals surface area contributed by atoms with E-state index in [-0.39, 0.29) is 17.5 Å². The molecule has 0 aliphatic rings. The Kier molecular flexibility index (Phi) is 9.60. The summed E-state index contributed by atoms with van der Waals surface area (Å²) in [5.41, 5.74) is 0. The number of carbonyl (C=O) groups is 1. The molecule has 21 heavy (non-hydrogen) atoms. The first-order valence-electron chi connectivity index (χ1n) is 8.24. The lowest BCUT2D eigenvalue weighted by Gasteiger charge is -2.30. The zero-order valence-corrected chi connectivity index (χ0v) is 14.6. The van der Waals surface area contributed by atoms with Gasteiger partial charge in [-0.3, -0.25) is 4.79 Å². The highest BCUT2D eigenvalue weighted by Crippen LogP contribution is 2.31. The van der Waals surface area contributed by atoms with Crippen LogP contribution in [-0.2, 0) is 4.79 Å². The van der Waals surface area contributed by atoms with Crippen molar-refractivity contribution in [3.8, 4) is 0 Å². The summed E-state index contributed by atoms with van der Waals surface area (Å²) in [4.78, 5) is 12.0. The molecule has 0 radical (unpaired) electrons. The Labute approximate surface area is 130 Å². The first-order chi connectivity index (χ1) is 9.70. The zero-order valence-electron chi connectivity index (χ0n) is 14.6. The van der Waals surface area contributed by atoms with Gasteiger partial charge in [-0.05, 0) is 51.0 Å². The molecule has 2 N–H and O–H groups in total. The van der Waals surface area contributed by atoms with Gasteiger partial charge in [-0.15, -0.1) is 0 Å². The van der Waals surface area contributed by atoms with Gasteiger partial charge >= 0.3 is 0 Å². The van der Waals surface area contributed by atoms with E-state index in [4.69, 9.17) is 0 Å². The monoisotopic (exact) mass is 298 g/mol. The van der Waals surface area contributed by atoms with Crippen LogP contribution in [0.5, 0.6) is 0 Å². The maximum atomic E-state index is 12.0. The van der Waals surface area contributed by atoms with E-state index < -0.39 is 12.0 Å². The quantitative estimate of drug-likeness (QED) is 0.584. The van der Waals surface area contributed by atoms with Gasteiger partial charge in [0.05, 0.1) is 17.8 Å². The molecule has 3 atom stereocenters. The topological polar surface area (TPSA) is 57.5 Å². The van der Waals surface area contributed by atoms with Crippen molar-refractivity contribution >= 4 is 5.78 Å². The van der Waals surface area contributed by atoms with Crippen LogP contribution in [0.1, 0.15) is 67.2 Å². The molecule has 124 valence electrons. The van der Waals surface area contributed by atoms with Crippen LogP contribution >= 0.6 is 0 Å². The minimum atomic E-state index is -0.662. The lowest BCUT2D eigenvalue weighted by atomic mass is 9.78. The second-order valence-electron chi connectivity index (χ2n) is 6.97. The molecular weight excluding hydrogens is 264 g/mol. The fraction of sp³-hybridized carbons (Fsp3) is 0.833. The van der Waals surface area contributed by atoms with Gasteiger partial charge in [-0.25, -0.2) is 0 Å². The van der Waals surface area contributed by atoms with Crippen LogP contribution in [0.4, 0.5) is 0 Å². The van der Waals surface area contributed by atoms with Crippen molar-refractivity contribution in [1.29, 1.82) is 0 Å². The number of allylic oxidation sites excluding steroid dienone is 1. The summed E-state index contributed by atoms with van der Waals surface area (Å²) in [6, 6.07) is 0. The molecule has 0 aromatic heterocycles. The van der Waals surface area contributed by atoms with Crippen molar-refractivity contribution in [2.24, 2.45) is 23.7 Å². The molecule has 0 spiro atoms. The van der Waals surface area contributed by atoms with Crippen LogP contribution in [0.3, 0.4) is 0 Å². The number of carbonyl (C=O) groups excluding carboxylic acids is 1. The average Bonchev–Trinajstić information content (AvgIpc) is 2.39. The Balaban J connectivity index is 5.09. The molecule has 0 aromatic carbocycles. The number of rotatable bonds is 10. The van der Waals surface area contributed by atoms with Gasteiger partial charge in [-0.1, -0.05) is 34.1 Å². The molecule has 0 saturated heterocycles. The van der Waals surface area contributed by atoms with E-state index in [1.165, 1.54) is 0 Å². The Morgan fingerprint density at radius 1 is 1.00 bits per heavy atom. The smallest absolute Gasteiger partial charge is 0.133 e. The first kappa shape index (κ1) is 20.2. The Morgan fingerprint density at radius 2 is 1.48 bits per heavy atom. The molecular formula is C18H34O3. The molecule has 0 heterocycles. The summed E-state index contributed by atoms with van der Waals surface area (Å²) in [7, 11) is 0. The predicted molar refractivity (Wildman–Crippen MR) is 88.2 cm³/mol. The number of hydrogen-bond acceptors (Lipinski definition) is 3. The Bertz CT molecular complexity index is 331. The van der Waals surface area contributed by atoms with E-state index in [2.05, 4.69) is 27.7 Å². The number of hydrogen-bond donors (Lipinski definition) is 2. The highest BCUT2D eigenvalue weighted by molar-refractivity contribution is 5.79. The molecule has 3 nitrogen and oxygen atoms in total. The van der Waals surface area contributed by atoms with Crippen molar-refractivity contribution in [3.05, 3.63) is 11.8 Å². The molecule has 0 amide bonds. The third-order valence-electron chi connectivity index (χ3n) is 4.10. The van der Waals surface area contributed by atoms with Gasteiger partial charge in [0.15, 0.2) is 0 Å². The summed E-state index contributed by atoms with van der Waals surface area (Å²) in [6.07, 6.45) is 4.09. The third kappa shape index (κ3) is 7.66. The van der Waals surface area contributed by atoms with Gasteiger partial charge in [0.25, 0.3) is 0 Å². The van der Waals surface area contributed by atoms with E-state index in [1.807, 2.05) is 0 Å². The Hall–Kier alpha value is -0.830. The lowest BCUT2D eigenvalue weighted by molar-refractivity contribution is -0.124. The number of Topliss-reactive ketones (excluding diaryl/α,β-unsaturated/α-hetero) is 1. The van der Waals surface area contributed by atoms with Crippen LogP contribution in [0.15, 0.2) is 11.8 Å². The fourth-order valence-corrected chi connectivity index (χ4v) is 2.70. The van der Waals surface area contributed by atoms with Crippen molar-refractivity contribution in [1.82, 2.24) is 0 Å². The second kappa shape index (κ2) is 9.99. The highest BCUT2D eigenvalue weighted by atomic mass is 16.3. The van der Waals surface area contributed by atoms with E-state index in [9.17, 15) is 15.0 Å². The van der Waals surface area contributed by atoms with Crippen molar-refractivity contribution < 1.29 is 15.0 Å². The maximum absolute atomic E-state index is 12.0. The van der Waals surface area contributed by atoms with Crippen molar-refractivity contribution in [2.75, 3.05) is 0 Å². The normalized spacial score (nSPS) is 17.1. The van der Waals surface area contributed by atoms with Crippen LogP contribution in [-0.4, -0.2) is 22.1 Å². The van der Waals surface area contributed by atoms with Gasteiger partial charge in [0.2, 0.25) is 0 Å². The van der Waals surface area contributed by atoms with Crippen LogP contribution < -0.4 is 0 Å². The van der Waals surface area contributed by atoms with Gasteiger partial charge in [0.1, 0.15) is 5.78 Å². The standard InChI is InChI=1S/C18H34O3/c1-7-16(20)18(17(21)11-9-13(4)5)15(14(6)19)10-8-12(2)3/h7,12-13,15,17-18,20-21H,8-11H2,1-6H3/b16-7-/t15?,17-,18?/m1/s1. The average molecular weight is 298 g/mol. The molecule has 2 unspecified atom stereocenters. The molecule has 0 aliphatic carbocycles. The summed E-state index contributed by atoms with van der Waals surface area (Å²) in [5, 5.41) is 20.7. The van der Waals surface area contributed by atoms with E-state index in [0.29, 0.717) is 24.7 Å². The van der Waals surface area contributed by atoms with Gasteiger partial charge in [-0.2, -0.15) is 0 Å². The maximum Gasteiger partial charge on any atom is 0.133 e. The summed E-state index contributed by atoms with van der Waals surface area (Å²) < 4.78 is 0. The zero-order chi connectivity index (χ0) is 16.6. The minimum Gasteiger partial charge on any atom is -0.512 e. The Morgan fingerprint density at radius 3 is 1.86 bits per heavy atom. The SMILES string of the molecule is C/C=C(\O)C(C(CCC(C)C)C(C)=O)[C@H](O)CCC(C)C. The second-order valence-corrected chi connectivity index (χ2v) is 6.97. The van der Waals surface area contributed by atoms with Crippen LogP contribution in [0.2, 0.25) is 0 Å². The molecule has 0 aromatic rings. The lowest BCUT2D eigenvalue weighted by Crippen LogP contribution is -2.34. The van der Waals surface area contributed by atoms with E-state index in [0.717, 1.165) is 12.8 Å². The first-order valence-corrected chi connectivity index (χ1v) is 8.24. The van der Waals surface area contributed by atoms with Crippen LogP contribution in [0, 0.1) is 23.7 Å². The van der Waals surface area contributed by atoms with Crippen molar-refractivity contribution in [2.45, 2.75) is 73.3 Å². The summed E-state index contributed by atoms with van der Waals surface area (Å²) >= 11 is 0. The minimum absolute atomic E-state index is 0.0534. The number of aliphatic hydroxyl groups is 2. The fourth-order valence-electron chi connectivity index (χ4n) is 2.70. The predicted octanol–water partition coefficient (Wildman–Crippen LogP) is 4.50. The highest BCUT2D eigenvalue weighted by Gasteiger charge is 2.34. The molecule has 0 rings (SSSR count). The molecule has 0 aliphatic heterocycles. The van der Waals surface area contributed by atoms with Crippen molar-refractivity contribution in [3.63, 3.8) is 0 Å². The van der Waals surface area contributed by atoms with E-state index in [1.54, 1.807) is 19.9 Å². The summed E-state index contributed by atoms with van der Waals surface area (Å²) in [5.74, 6) is 0.441. The summed E-state index contributed by atoms with van der Waals surface area (Å²) in [6.45, 7) is 11.8. The van der Waals surface area contributed by atoms with E-state index >= 15 is 0 Å². The van der Waals surface area contributed by atoms with Gasteiger partial charge < -0.3 is 10.2 Å². The number of ketones is 1. The molecule has 0 bridgehead atoms.